The first-order valence-corrected chi connectivity index (χ1v) is 41.9. The molecule has 6 aromatic carbocycles. The number of halogens is 4. The van der Waals surface area contributed by atoms with Crippen molar-refractivity contribution in [1.82, 2.24) is 42.5 Å². The van der Waals surface area contributed by atoms with E-state index >= 15 is 24.0 Å². The molecule has 11 bridgehead atoms. The van der Waals surface area contributed by atoms with Gasteiger partial charge in [-0.2, -0.15) is 0 Å². The molecule has 0 radical (unpaired) electrons. The zero-order valence-electron chi connectivity index (χ0n) is 67.4. The Kier molecular flexibility index (Phi) is 29.0. The number of aliphatic carboxylic acids is 1. The summed E-state index contributed by atoms with van der Waals surface area (Å²) >= 11 is 28.4. The Morgan fingerprint density at radius 3 is 1.91 bits per heavy atom. The fraction of sp³-hybridized carbons (Fsp3) is 0.422. The Morgan fingerprint density at radius 1 is 0.651 bits per heavy atom. The van der Waals surface area contributed by atoms with E-state index in [0.29, 0.717) is 10.0 Å². The van der Waals surface area contributed by atoms with Crippen LogP contribution in [0.4, 0.5) is 0 Å². The van der Waals surface area contributed by atoms with Gasteiger partial charge < -0.3 is 153 Å². The fourth-order valence-electron chi connectivity index (χ4n) is 15.7. The Labute approximate surface area is 741 Å². The Bertz CT molecular complexity index is 5290. The molecule has 8 aliphatic heterocycles. The zero-order chi connectivity index (χ0) is 91.1. The van der Waals surface area contributed by atoms with Crippen LogP contribution in [0.15, 0.2) is 109 Å². The summed E-state index contributed by atoms with van der Waals surface area (Å²) in [5, 5.41) is 160. The van der Waals surface area contributed by atoms with Gasteiger partial charge in [0.1, 0.15) is 120 Å². The number of phenols is 3. The van der Waals surface area contributed by atoms with Crippen molar-refractivity contribution in [1.29, 1.82) is 0 Å². The molecular formula is C83H92Cl4N10O28S. The highest BCUT2D eigenvalue weighted by Gasteiger charge is 2.53. The van der Waals surface area contributed by atoms with Gasteiger partial charge >= 0.3 is 5.97 Å². The topological polar surface area (TPSA) is 601 Å². The van der Waals surface area contributed by atoms with Gasteiger partial charge in [-0.3, -0.25) is 33.6 Å². The lowest BCUT2D eigenvalue weighted by Crippen LogP contribution is -2.65. The van der Waals surface area contributed by atoms with Crippen molar-refractivity contribution in [3.05, 3.63) is 162 Å². The number of rotatable bonds is 20. The van der Waals surface area contributed by atoms with E-state index in [9.17, 15) is 75.7 Å². The number of carboxylic acids is 1. The second kappa shape index (κ2) is 39.0. The molecule has 0 saturated carbocycles. The quantitative estimate of drug-likeness (QED) is 0.0521. The average Bonchev–Trinajstić information content (AvgIpc) is 0.814. The van der Waals surface area contributed by atoms with Gasteiger partial charge in [-0.25, -0.2) is 4.79 Å². The van der Waals surface area contributed by atoms with Gasteiger partial charge in [0.05, 0.1) is 41.3 Å². The van der Waals surface area contributed by atoms with E-state index in [-0.39, 0.29) is 43.0 Å². The fourth-order valence-corrected chi connectivity index (χ4v) is 17.6. The van der Waals surface area contributed by atoms with Crippen LogP contribution in [0.3, 0.4) is 0 Å². The maximum absolute atomic E-state index is 16.4. The van der Waals surface area contributed by atoms with Crippen molar-refractivity contribution in [3.8, 4) is 67.6 Å². The van der Waals surface area contributed by atoms with E-state index in [1.54, 1.807) is 32.0 Å². The van der Waals surface area contributed by atoms with E-state index in [1.807, 2.05) is 12.1 Å². The predicted octanol–water partition coefficient (Wildman–Crippen LogP) is 2.76. The summed E-state index contributed by atoms with van der Waals surface area (Å²) < 4.78 is 51.2. The Morgan fingerprint density at radius 2 is 1.28 bits per heavy atom. The van der Waals surface area contributed by atoms with Crippen LogP contribution >= 0.6 is 57.7 Å². The van der Waals surface area contributed by atoms with Gasteiger partial charge in [0.15, 0.2) is 30.1 Å². The number of carbonyl (C=O) groups excluding carboxylic acids is 7. The molecule has 38 nitrogen and oxygen atoms in total. The first-order valence-electron chi connectivity index (χ1n) is 39.6. The third-order valence-corrected chi connectivity index (χ3v) is 24.3. The minimum absolute atomic E-state index is 0.132. The number of phenolic OH excluding ortho intramolecular Hbond substituents is 3. The van der Waals surface area contributed by atoms with E-state index in [0.717, 1.165) is 82.0 Å². The molecule has 15 rings (SSSR count). The van der Waals surface area contributed by atoms with Gasteiger partial charge in [0, 0.05) is 67.6 Å². The Balaban J connectivity index is 0.964. The van der Waals surface area contributed by atoms with Crippen LogP contribution in [0.2, 0.25) is 20.1 Å². The van der Waals surface area contributed by atoms with Crippen LogP contribution < -0.4 is 68.2 Å². The van der Waals surface area contributed by atoms with Crippen molar-refractivity contribution in [3.63, 3.8) is 0 Å². The number of benzene rings is 6. The molecule has 676 valence electrons. The molecule has 1 aromatic heterocycles. The number of aliphatic hydroxyl groups excluding tert-OH is 8. The number of hydrogen-bond acceptors (Lipinski definition) is 31. The summed E-state index contributed by atoms with van der Waals surface area (Å²) in [6, 6.07) is 7.69. The number of fused-ring (bicyclic) bond motifs is 15. The SMILES string of the molecule is CN[C@H](CC(C)C)C(=O)NC1C(=O)N[C@H](CC(N)=O)C(=O)N[C@H]2C(=O)N[C@@H]3C(=O)N[C@H](C(=O)N[C@H](C(=O)O)c4cc(O)cc(O)c4-c4cc3ccc4O)[C@H](OC3C[C@](C)(N)[C@@H](O)[C@H](C)O3)c3ccc(c(Cl)c3)Oc3cc2cc(c3O[C@@H]2O[C@H](CO)[C@@H](O[C@@H]3O[C@H](CNCc4ccc(-c5cc(Cl)cc(Cl)c5)s4)[C@H](O)[C@H](O)[C@H]3O)[C@H](O)[C@H]2O)Oc2ccc(cc2Cl)[C@H]1O. The smallest absolute Gasteiger partial charge is 0.330 e. The number of carboxylic acid groups (broad SMARTS) is 1. The predicted molar refractivity (Wildman–Crippen MR) is 446 cm³/mol. The van der Waals surface area contributed by atoms with E-state index < -0.39 is 284 Å². The highest BCUT2D eigenvalue weighted by molar-refractivity contribution is 7.15. The lowest BCUT2D eigenvalue weighted by atomic mass is 9.86. The van der Waals surface area contributed by atoms with Crippen LogP contribution in [-0.4, -0.2) is 238 Å². The van der Waals surface area contributed by atoms with Crippen LogP contribution in [0.5, 0.6) is 46.0 Å². The summed E-state index contributed by atoms with van der Waals surface area (Å²) in [6.45, 7) is 5.41. The molecule has 0 aliphatic carbocycles. The second-order valence-electron chi connectivity index (χ2n) is 31.9. The normalized spacial score (nSPS) is 29.6. The van der Waals surface area contributed by atoms with Crippen LogP contribution in [0, 0.1) is 5.92 Å². The van der Waals surface area contributed by atoms with E-state index in [4.69, 9.17) is 95.8 Å². The van der Waals surface area contributed by atoms with Gasteiger partial charge in [-0.15, -0.1) is 11.3 Å². The van der Waals surface area contributed by atoms with Gasteiger partial charge in [0.2, 0.25) is 53.4 Å². The minimum atomic E-state index is -2.43. The number of likely N-dealkylation sites (N-methyl/N-ethyl adjacent to an activating group) is 1. The van der Waals surface area contributed by atoms with E-state index in [1.165, 1.54) is 44.4 Å². The molecule has 9 heterocycles. The zero-order valence-corrected chi connectivity index (χ0v) is 71.2. The molecule has 126 heavy (non-hydrogen) atoms. The molecule has 2 unspecified atom stereocenters. The number of primary amides is 1. The molecule has 7 aromatic rings. The summed E-state index contributed by atoms with van der Waals surface area (Å²) in [6.07, 6.45) is -29.2. The maximum atomic E-state index is 16.4. The summed E-state index contributed by atoms with van der Waals surface area (Å²) in [5.74, 6) is -16.7. The maximum Gasteiger partial charge on any atom is 0.330 e. The summed E-state index contributed by atoms with van der Waals surface area (Å²) in [7, 11) is 1.46. The standard InChI is InChI=1S/C83H92Cl4N10O28S/c1-30(2)14-45(90-5)74(110)96-62-64(103)33-7-11-49(43(86)18-33)119-51-20-36-21-52(71(51)124-82-69(108)67(106)72(54(29-98)122-82)125-81-68(107)66(105)65(104)53(121-81)28-91-27-40-9-13-55(126-40)35-15-37(84)22-38(85)16-35)120-50-12-8-34(19-44(50)87)70(123-57-26-83(4,89)73(109)31(3)118-57)63-79(115)95-61(80(116)117)42-23-39(99)24-48(101)58(42)41-17-32(6-10-47(41)100)59(76(112)97-63)94-77(113)60(36)93-75(111)46(25-56(88)102)92-78(62)114/h6-13,15-24,30-31,45-46,53-54,57,59-70,72-73,81-82,90-91,98-101,103-109H,14,25-29,89H2,1-5H3,(H2,88,102)(H,92,114)(H,93,111)(H,94,113)(H,95,115)(H,96,110)(H,97,112)(H,116,117)/t31-,45+,46+,53+,54+,57?,59-,60+,61-,62?,63-,64+,65-,66-,67+,68+,69+,70+,72+,73-,81-,82-,83-/m0/s1. The number of aromatic hydroxyl groups is 3. The highest BCUT2D eigenvalue weighted by atomic mass is 35.5. The lowest BCUT2D eigenvalue weighted by Gasteiger charge is -2.46. The van der Waals surface area contributed by atoms with Crippen LogP contribution in [-0.2, 0) is 68.6 Å². The van der Waals surface area contributed by atoms with E-state index in [2.05, 4.69) is 42.5 Å². The summed E-state index contributed by atoms with van der Waals surface area (Å²) in [4.78, 5) is 122. The minimum Gasteiger partial charge on any atom is -0.508 e. The van der Waals surface area contributed by atoms with Crippen molar-refractivity contribution < 1.29 is 138 Å². The molecule has 23 atom stereocenters. The third-order valence-electron chi connectivity index (χ3n) is 22.1. The largest absolute Gasteiger partial charge is 0.508 e. The number of nitrogens with one attached hydrogen (secondary N) is 8. The molecule has 0 spiro atoms. The monoisotopic (exact) mass is 1850 g/mol. The van der Waals surface area contributed by atoms with Crippen molar-refractivity contribution >= 4 is 105 Å². The molecular weight excluding hydrogens is 1760 g/mol. The first-order chi connectivity index (χ1) is 59.7. The summed E-state index contributed by atoms with van der Waals surface area (Å²) in [5.41, 5.74) is 8.73. The number of nitrogens with two attached hydrogens (primary N) is 2. The van der Waals surface area contributed by atoms with Gasteiger partial charge in [0.25, 0.3) is 0 Å². The molecule has 24 N–H and O–H groups in total. The third kappa shape index (κ3) is 20.5. The molecule has 8 aliphatic rings. The number of thiophene rings is 1. The van der Waals surface area contributed by atoms with Crippen molar-refractivity contribution in [2.45, 2.75) is 193 Å². The Hall–Kier alpha value is -9.90. The average molecular weight is 1850 g/mol. The molecule has 7 amide bonds. The lowest BCUT2D eigenvalue weighted by molar-refractivity contribution is -0.350. The number of ether oxygens (including phenoxy) is 8. The highest BCUT2D eigenvalue weighted by Crippen LogP contribution is 2.51. The van der Waals surface area contributed by atoms with Gasteiger partial charge in [-0.05, 0) is 146 Å². The number of aliphatic hydroxyl groups is 8. The number of hydrogen-bond donors (Lipinski definition) is 22. The number of carbonyl (C=O) groups is 8. The van der Waals surface area contributed by atoms with Crippen molar-refractivity contribution in [2.24, 2.45) is 17.4 Å². The van der Waals surface area contributed by atoms with Crippen LogP contribution in [0.25, 0.3) is 21.6 Å². The first kappa shape index (κ1) is 93.7. The van der Waals surface area contributed by atoms with Gasteiger partial charge in [-0.1, -0.05) is 78.5 Å². The second-order valence-corrected chi connectivity index (χ2v) is 34.8. The number of amides is 7. The van der Waals surface area contributed by atoms with Crippen molar-refractivity contribution in [2.75, 3.05) is 20.2 Å². The molecule has 43 heteroatoms. The van der Waals surface area contributed by atoms with Crippen LogP contribution in [0.1, 0.15) is 110 Å². The molecule has 3 saturated heterocycles. The molecule has 3 fully saturated rings.